The summed E-state index contributed by atoms with van der Waals surface area (Å²) in [5, 5.41) is 20.6. The fourth-order valence-electron chi connectivity index (χ4n) is 6.26. The van der Waals surface area contributed by atoms with Crippen molar-refractivity contribution in [1.82, 2.24) is 0 Å². The molecule has 126 valence electrons. The van der Waals surface area contributed by atoms with Gasteiger partial charge in [0.05, 0.1) is 18.1 Å². The third-order valence-corrected chi connectivity index (χ3v) is 6.58. The molecule has 0 aromatic rings. The maximum absolute atomic E-state index is 12.5. The van der Waals surface area contributed by atoms with Crippen LogP contribution in [0, 0.1) is 22.7 Å². The molecular weight excluding hydrogens is 284 g/mol. The lowest BCUT2D eigenvalue weighted by Gasteiger charge is -2.65. The number of aliphatic hydroxyl groups is 1. The minimum absolute atomic E-state index is 0.180. The van der Waals surface area contributed by atoms with Crippen LogP contribution in [0.2, 0.25) is 0 Å². The van der Waals surface area contributed by atoms with E-state index in [9.17, 15) is 15.2 Å². The summed E-state index contributed by atoms with van der Waals surface area (Å²) in [6, 6.07) is 0. The fraction of sp³-hybridized carbons (Fsp3) is 0.941. The van der Waals surface area contributed by atoms with E-state index in [0.717, 1.165) is 25.7 Å². The normalized spacial score (nSPS) is 45.6. The maximum Gasteiger partial charge on any atom is 0.311 e. The molecule has 4 rings (SSSR count). The number of methoxy groups -OCH3 is 1. The number of hydrogen-bond donors (Lipinski definition) is 2. The summed E-state index contributed by atoms with van der Waals surface area (Å²) in [4.78, 5) is 17.4. The van der Waals surface area contributed by atoms with Gasteiger partial charge < -0.3 is 9.84 Å². The average molecular weight is 312 g/mol. The van der Waals surface area contributed by atoms with Gasteiger partial charge in [0, 0.05) is 5.41 Å². The van der Waals surface area contributed by atoms with Crippen LogP contribution in [0.5, 0.6) is 0 Å². The highest BCUT2D eigenvalue weighted by Gasteiger charge is 2.68. The lowest BCUT2D eigenvalue weighted by molar-refractivity contribution is -0.344. The van der Waals surface area contributed by atoms with Gasteiger partial charge >= 0.3 is 5.97 Å². The summed E-state index contributed by atoms with van der Waals surface area (Å²) >= 11 is 0. The summed E-state index contributed by atoms with van der Waals surface area (Å²) in [6.45, 7) is 4.14. The molecule has 0 spiro atoms. The second kappa shape index (κ2) is 5.18. The zero-order valence-corrected chi connectivity index (χ0v) is 13.8. The second-order valence-corrected chi connectivity index (χ2v) is 8.28. The predicted octanol–water partition coefficient (Wildman–Crippen LogP) is 2.77. The van der Waals surface area contributed by atoms with E-state index < -0.39 is 11.0 Å². The van der Waals surface area contributed by atoms with Crippen LogP contribution in [0.25, 0.3) is 0 Å². The van der Waals surface area contributed by atoms with Gasteiger partial charge in [-0.1, -0.05) is 20.3 Å². The second-order valence-electron chi connectivity index (χ2n) is 8.28. The van der Waals surface area contributed by atoms with E-state index >= 15 is 0 Å². The van der Waals surface area contributed by atoms with Crippen LogP contribution in [0.4, 0.5) is 0 Å². The van der Waals surface area contributed by atoms with Crippen LogP contribution >= 0.6 is 0 Å². The molecule has 2 N–H and O–H groups in total. The van der Waals surface area contributed by atoms with Crippen molar-refractivity contribution >= 4 is 5.97 Å². The topological polar surface area (TPSA) is 76.0 Å². The molecule has 5 heteroatoms. The minimum atomic E-state index is -0.822. The molecule has 22 heavy (non-hydrogen) atoms. The van der Waals surface area contributed by atoms with Crippen molar-refractivity contribution in [2.45, 2.75) is 70.5 Å². The van der Waals surface area contributed by atoms with Gasteiger partial charge in [0.1, 0.15) is 6.10 Å². The molecule has 0 amide bonds. The van der Waals surface area contributed by atoms with E-state index in [1.165, 1.54) is 7.11 Å². The van der Waals surface area contributed by atoms with Crippen LogP contribution in [-0.2, 0) is 14.4 Å². The first kappa shape index (κ1) is 16.2. The zero-order valence-electron chi connectivity index (χ0n) is 13.8. The molecule has 5 nitrogen and oxygen atoms in total. The number of carbonyl (C=O) groups excluding carboxylic acids is 1. The van der Waals surface area contributed by atoms with Crippen molar-refractivity contribution in [2.24, 2.45) is 22.7 Å². The van der Waals surface area contributed by atoms with E-state index in [1.54, 1.807) is 0 Å². The van der Waals surface area contributed by atoms with Crippen molar-refractivity contribution < 1.29 is 24.8 Å². The molecule has 0 heterocycles. The monoisotopic (exact) mass is 312 g/mol. The first-order valence-corrected chi connectivity index (χ1v) is 8.43. The molecule has 4 aliphatic rings. The fourth-order valence-corrected chi connectivity index (χ4v) is 6.26. The number of ether oxygens (including phenoxy) is 1. The Morgan fingerprint density at radius 2 is 2.00 bits per heavy atom. The Balaban J connectivity index is 2.01. The minimum Gasteiger partial charge on any atom is -0.469 e. The van der Waals surface area contributed by atoms with Gasteiger partial charge in [-0.15, -0.1) is 0 Å². The quantitative estimate of drug-likeness (QED) is 0.464. The molecule has 4 bridgehead atoms. The van der Waals surface area contributed by atoms with E-state index in [2.05, 4.69) is 13.8 Å². The molecule has 0 aromatic carbocycles. The molecule has 0 aromatic heterocycles. The van der Waals surface area contributed by atoms with E-state index in [1.807, 2.05) is 0 Å². The van der Waals surface area contributed by atoms with E-state index in [0.29, 0.717) is 25.2 Å². The van der Waals surface area contributed by atoms with Crippen molar-refractivity contribution in [1.29, 1.82) is 0 Å². The van der Waals surface area contributed by atoms with Crippen molar-refractivity contribution in [3.8, 4) is 0 Å². The Labute approximate surface area is 131 Å². The summed E-state index contributed by atoms with van der Waals surface area (Å²) in [5.74, 6) is 0.279. The van der Waals surface area contributed by atoms with Crippen LogP contribution in [-0.4, -0.2) is 35.1 Å². The first-order valence-electron chi connectivity index (χ1n) is 8.43. The Morgan fingerprint density at radius 3 is 2.55 bits per heavy atom. The molecule has 4 fully saturated rings. The highest BCUT2D eigenvalue weighted by atomic mass is 17.1. The molecule has 4 aliphatic carbocycles. The number of hydrogen-bond acceptors (Lipinski definition) is 5. The third kappa shape index (κ3) is 2.21. The third-order valence-electron chi connectivity index (χ3n) is 6.58. The Kier molecular flexibility index (Phi) is 3.82. The first-order chi connectivity index (χ1) is 10.3. The highest BCUT2D eigenvalue weighted by Crippen LogP contribution is 2.68. The Hall–Kier alpha value is -0.650. The lowest BCUT2D eigenvalue weighted by Crippen LogP contribution is -2.66. The molecule has 6 atom stereocenters. The largest absolute Gasteiger partial charge is 0.469 e. The molecule has 0 saturated heterocycles. The van der Waals surface area contributed by atoms with Crippen LogP contribution in [0.3, 0.4) is 0 Å². The summed E-state index contributed by atoms with van der Waals surface area (Å²) in [6.07, 6.45) is 4.78. The van der Waals surface area contributed by atoms with Gasteiger partial charge in [0.15, 0.2) is 0 Å². The van der Waals surface area contributed by atoms with E-state index in [-0.39, 0.29) is 23.4 Å². The van der Waals surface area contributed by atoms with Gasteiger partial charge in [-0.2, -0.15) is 0 Å². The van der Waals surface area contributed by atoms with Gasteiger partial charge in [-0.25, -0.2) is 4.89 Å². The summed E-state index contributed by atoms with van der Waals surface area (Å²) in [5.41, 5.74) is -1.75. The Bertz CT molecular complexity index is 466. The van der Waals surface area contributed by atoms with Crippen molar-refractivity contribution in [3.63, 3.8) is 0 Å². The summed E-state index contributed by atoms with van der Waals surface area (Å²) in [7, 11) is 1.42. The zero-order chi connectivity index (χ0) is 16.2. The summed E-state index contributed by atoms with van der Waals surface area (Å²) < 4.78 is 5.07. The van der Waals surface area contributed by atoms with Gasteiger partial charge in [-0.3, -0.25) is 10.1 Å². The number of rotatable bonds is 5. The Morgan fingerprint density at radius 1 is 1.27 bits per heavy atom. The van der Waals surface area contributed by atoms with Crippen molar-refractivity contribution in [3.05, 3.63) is 0 Å². The van der Waals surface area contributed by atoms with Gasteiger partial charge in [-0.05, 0) is 50.4 Å². The molecule has 0 aliphatic heterocycles. The van der Waals surface area contributed by atoms with Gasteiger partial charge in [0.25, 0.3) is 0 Å². The SMILES string of the molecule is CCC(C)C(OO)C12CC3CC(O)(CC(C(=O)OC)(C3)C1)C2. The molecule has 0 radical (unpaired) electrons. The number of carbonyl (C=O) groups is 1. The van der Waals surface area contributed by atoms with Crippen LogP contribution < -0.4 is 0 Å². The standard InChI is InChI=1S/C17H28O5/c1-4-11(2)13(22-20)15-5-12-6-16(8-15,14(18)21-3)10-17(19,7-12)9-15/h11-13,19-20H,4-10H2,1-3H3. The lowest BCUT2D eigenvalue weighted by atomic mass is 9.41. The van der Waals surface area contributed by atoms with Crippen LogP contribution in [0.1, 0.15) is 58.8 Å². The van der Waals surface area contributed by atoms with Crippen LogP contribution in [0.15, 0.2) is 0 Å². The average Bonchev–Trinajstić information content (AvgIpc) is 2.43. The predicted molar refractivity (Wildman–Crippen MR) is 80.0 cm³/mol. The molecular formula is C17H28O5. The molecule has 6 unspecified atom stereocenters. The van der Waals surface area contributed by atoms with Crippen molar-refractivity contribution in [2.75, 3.05) is 7.11 Å². The van der Waals surface area contributed by atoms with E-state index in [4.69, 9.17) is 9.62 Å². The van der Waals surface area contributed by atoms with Gasteiger partial charge in [0.2, 0.25) is 0 Å². The molecule has 4 saturated carbocycles. The highest BCUT2D eigenvalue weighted by molar-refractivity contribution is 5.77. The number of esters is 1. The smallest absolute Gasteiger partial charge is 0.311 e. The maximum atomic E-state index is 12.5.